The summed E-state index contributed by atoms with van der Waals surface area (Å²) in [5.74, 6) is 0.273. The van der Waals surface area contributed by atoms with Crippen LogP contribution in [-0.2, 0) is 11.8 Å². The van der Waals surface area contributed by atoms with Crippen molar-refractivity contribution in [3.63, 3.8) is 0 Å². The molecule has 2 aromatic carbocycles. The number of esters is 1. The minimum absolute atomic E-state index is 0.123. The first-order valence-corrected chi connectivity index (χ1v) is 8.59. The maximum Gasteiger partial charge on any atom is 0.340 e. The van der Waals surface area contributed by atoms with Crippen molar-refractivity contribution in [3.05, 3.63) is 76.7 Å². The van der Waals surface area contributed by atoms with Crippen molar-refractivity contribution in [1.82, 2.24) is 4.57 Å². The molecule has 0 fully saturated rings. The van der Waals surface area contributed by atoms with E-state index in [1.165, 1.54) is 10.8 Å². The minimum Gasteiger partial charge on any atom is -0.461 e. The van der Waals surface area contributed by atoms with E-state index in [1.54, 1.807) is 37.0 Å². The zero-order chi connectivity index (χ0) is 16.9. The molecule has 0 aliphatic rings. The lowest BCUT2D eigenvalue weighted by Gasteiger charge is -2.09. The number of hydrogen-bond acceptors (Lipinski definition) is 4. The maximum atomic E-state index is 12.4. The van der Waals surface area contributed by atoms with Crippen molar-refractivity contribution in [2.24, 2.45) is 7.05 Å². The van der Waals surface area contributed by atoms with Crippen molar-refractivity contribution in [2.75, 3.05) is 12.4 Å². The minimum atomic E-state index is -0.407. The number of thioether (sulfide) groups is 1. The van der Waals surface area contributed by atoms with Crippen LogP contribution in [-0.4, -0.2) is 22.9 Å². The van der Waals surface area contributed by atoms with Gasteiger partial charge in [0, 0.05) is 34.7 Å². The number of rotatable bonds is 5. The third-order valence-electron chi connectivity index (χ3n) is 3.64. The number of carbonyl (C=O) groups excluding carboxylic acids is 1. The second-order valence-corrected chi connectivity index (χ2v) is 6.47. The highest BCUT2D eigenvalue weighted by atomic mass is 32.2. The molecule has 0 saturated carbocycles. The molecule has 5 heteroatoms. The van der Waals surface area contributed by atoms with Gasteiger partial charge in [0.05, 0.1) is 5.56 Å². The maximum absolute atomic E-state index is 12.4. The van der Waals surface area contributed by atoms with Gasteiger partial charge in [-0.15, -0.1) is 11.8 Å². The Morgan fingerprint density at radius 2 is 1.71 bits per heavy atom. The molecule has 0 N–H and O–H groups in total. The third kappa shape index (κ3) is 3.51. The first-order valence-electron chi connectivity index (χ1n) is 7.60. The van der Waals surface area contributed by atoms with Crippen LogP contribution in [0.3, 0.4) is 0 Å². The van der Waals surface area contributed by atoms with Crippen molar-refractivity contribution in [2.45, 2.75) is 4.90 Å². The monoisotopic (exact) mass is 339 g/mol. The molecule has 24 heavy (non-hydrogen) atoms. The lowest BCUT2D eigenvalue weighted by atomic mass is 10.1. The fourth-order valence-electron chi connectivity index (χ4n) is 2.47. The number of hydrogen-bond donors (Lipinski definition) is 0. The number of aryl methyl sites for hydroxylation is 1. The average Bonchev–Trinajstić information content (AvgIpc) is 2.62. The van der Waals surface area contributed by atoms with Gasteiger partial charge in [-0.2, -0.15) is 0 Å². The van der Waals surface area contributed by atoms with Gasteiger partial charge in [-0.05, 0) is 18.2 Å². The Hall–Kier alpha value is -2.53. The number of carbonyl (C=O) groups is 1. The van der Waals surface area contributed by atoms with Gasteiger partial charge < -0.3 is 9.30 Å². The fourth-order valence-corrected chi connectivity index (χ4v) is 3.22. The van der Waals surface area contributed by atoms with Crippen LogP contribution < -0.4 is 5.56 Å². The Kier molecular flexibility index (Phi) is 5.01. The smallest absolute Gasteiger partial charge is 0.340 e. The SMILES string of the molecule is Cn1cc(C(=O)OCCSc2ccccc2)c2ccccc2c1=O. The van der Waals surface area contributed by atoms with Gasteiger partial charge in [-0.25, -0.2) is 4.79 Å². The molecule has 0 aliphatic carbocycles. The molecule has 0 unspecified atom stereocenters. The summed E-state index contributed by atoms with van der Waals surface area (Å²) < 4.78 is 6.79. The van der Waals surface area contributed by atoms with Crippen molar-refractivity contribution in [3.8, 4) is 0 Å². The average molecular weight is 339 g/mol. The Balaban J connectivity index is 1.70. The first-order chi connectivity index (χ1) is 11.7. The van der Waals surface area contributed by atoms with Gasteiger partial charge in [0.15, 0.2) is 0 Å². The van der Waals surface area contributed by atoms with E-state index in [2.05, 4.69) is 0 Å². The molecule has 0 atom stereocenters. The molecule has 0 radical (unpaired) electrons. The lowest BCUT2D eigenvalue weighted by Crippen LogP contribution is -2.20. The summed E-state index contributed by atoms with van der Waals surface area (Å²) in [7, 11) is 1.64. The van der Waals surface area contributed by atoms with E-state index < -0.39 is 5.97 Å². The van der Waals surface area contributed by atoms with E-state index in [1.807, 2.05) is 36.4 Å². The van der Waals surface area contributed by atoms with Gasteiger partial charge in [-0.3, -0.25) is 4.79 Å². The van der Waals surface area contributed by atoms with Crippen molar-refractivity contribution in [1.29, 1.82) is 0 Å². The molecule has 1 aromatic heterocycles. The zero-order valence-electron chi connectivity index (χ0n) is 13.3. The molecule has 0 saturated heterocycles. The molecule has 3 aromatic rings. The van der Waals surface area contributed by atoms with Gasteiger partial charge in [0.2, 0.25) is 0 Å². The second-order valence-electron chi connectivity index (χ2n) is 5.30. The zero-order valence-corrected chi connectivity index (χ0v) is 14.1. The Labute approximate surface area is 144 Å². The second kappa shape index (κ2) is 7.36. The van der Waals surface area contributed by atoms with E-state index in [9.17, 15) is 9.59 Å². The summed E-state index contributed by atoms with van der Waals surface area (Å²) in [5.41, 5.74) is 0.291. The third-order valence-corrected chi connectivity index (χ3v) is 4.62. The van der Waals surface area contributed by atoms with Crippen molar-refractivity contribution >= 4 is 28.5 Å². The van der Waals surface area contributed by atoms with E-state index in [-0.39, 0.29) is 5.56 Å². The number of fused-ring (bicyclic) bond motifs is 1. The van der Waals surface area contributed by atoms with Crippen molar-refractivity contribution < 1.29 is 9.53 Å². The van der Waals surface area contributed by atoms with Crippen LogP contribution in [0.25, 0.3) is 10.8 Å². The van der Waals surface area contributed by atoms with Gasteiger partial charge in [-0.1, -0.05) is 36.4 Å². The van der Waals surface area contributed by atoms with E-state index in [0.29, 0.717) is 28.7 Å². The molecule has 0 aliphatic heterocycles. The van der Waals surface area contributed by atoms with E-state index in [4.69, 9.17) is 4.74 Å². The summed E-state index contributed by atoms with van der Waals surface area (Å²) in [6.45, 7) is 0.315. The molecular formula is C19H17NO3S. The fraction of sp³-hybridized carbons (Fsp3) is 0.158. The summed E-state index contributed by atoms with van der Waals surface area (Å²) in [6.07, 6.45) is 1.54. The van der Waals surface area contributed by atoms with Crippen LogP contribution >= 0.6 is 11.8 Å². The van der Waals surface area contributed by atoms with E-state index in [0.717, 1.165) is 4.90 Å². The molecule has 122 valence electrons. The summed E-state index contributed by atoms with van der Waals surface area (Å²) in [4.78, 5) is 25.7. The highest BCUT2D eigenvalue weighted by molar-refractivity contribution is 7.99. The molecular weight excluding hydrogens is 322 g/mol. The van der Waals surface area contributed by atoms with Crippen LogP contribution in [0.2, 0.25) is 0 Å². The highest BCUT2D eigenvalue weighted by Gasteiger charge is 2.14. The predicted octanol–water partition coefficient (Wildman–Crippen LogP) is 3.49. The Morgan fingerprint density at radius 3 is 2.46 bits per heavy atom. The number of benzene rings is 2. The first kappa shape index (κ1) is 16.3. The normalized spacial score (nSPS) is 10.7. The number of aromatic nitrogens is 1. The lowest BCUT2D eigenvalue weighted by molar-refractivity contribution is 0.0531. The van der Waals surface area contributed by atoms with Gasteiger partial charge in [0.25, 0.3) is 5.56 Å². The molecule has 1 heterocycles. The molecule has 4 nitrogen and oxygen atoms in total. The number of nitrogens with zero attached hydrogens (tertiary/aromatic N) is 1. The summed E-state index contributed by atoms with van der Waals surface area (Å²) in [6, 6.07) is 17.1. The summed E-state index contributed by atoms with van der Waals surface area (Å²) >= 11 is 1.63. The standard InChI is InChI=1S/C19H17NO3S/c1-20-13-17(15-9-5-6-10-16(15)18(20)21)19(22)23-11-12-24-14-7-3-2-4-8-14/h2-10,13H,11-12H2,1H3. The molecule has 0 spiro atoms. The highest BCUT2D eigenvalue weighted by Crippen LogP contribution is 2.18. The Bertz CT molecular complexity index is 919. The molecule has 3 rings (SSSR count). The van der Waals surface area contributed by atoms with Gasteiger partial charge in [0.1, 0.15) is 6.61 Å². The van der Waals surface area contributed by atoms with Gasteiger partial charge >= 0.3 is 5.97 Å². The number of ether oxygens (including phenoxy) is 1. The van der Waals surface area contributed by atoms with Crippen LogP contribution in [0.15, 0.2) is 70.5 Å². The predicted molar refractivity (Wildman–Crippen MR) is 96.6 cm³/mol. The van der Waals surface area contributed by atoms with Crippen LogP contribution in [0, 0.1) is 0 Å². The quantitative estimate of drug-likeness (QED) is 0.406. The molecule has 0 amide bonds. The van der Waals surface area contributed by atoms with Crippen LogP contribution in [0.4, 0.5) is 0 Å². The topological polar surface area (TPSA) is 48.3 Å². The largest absolute Gasteiger partial charge is 0.461 e. The summed E-state index contributed by atoms with van der Waals surface area (Å²) in [5, 5.41) is 1.15. The molecule has 0 bridgehead atoms. The van der Waals surface area contributed by atoms with Crippen LogP contribution in [0.1, 0.15) is 10.4 Å². The number of pyridine rings is 1. The van der Waals surface area contributed by atoms with Crippen LogP contribution in [0.5, 0.6) is 0 Å². The van der Waals surface area contributed by atoms with E-state index >= 15 is 0 Å². The Morgan fingerprint density at radius 1 is 1.04 bits per heavy atom.